The largest absolute Gasteiger partial charge is 0.454 e. The molecule has 114 valence electrons. The molecule has 0 saturated carbocycles. The van der Waals surface area contributed by atoms with Crippen LogP contribution < -0.4 is 0 Å². The highest BCUT2D eigenvalue weighted by Gasteiger charge is 2.19. The van der Waals surface area contributed by atoms with Crippen LogP contribution in [0.5, 0.6) is 0 Å². The first kappa shape index (κ1) is 16.3. The van der Waals surface area contributed by atoms with Gasteiger partial charge in [-0.15, -0.1) is 0 Å². The van der Waals surface area contributed by atoms with Crippen LogP contribution in [-0.4, -0.2) is 10.9 Å². The summed E-state index contributed by atoms with van der Waals surface area (Å²) in [5.74, 6) is -0.674. The first-order valence-electron chi connectivity index (χ1n) is 6.29. The number of nitro groups is 1. The van der Waals surface area contributed by atoms with E-state index in [-0.39, 0.29) is 16.3 Å². The van der Waals surface area contributed by atoms with Crippen LogP contribution in [0.3, 0.4) is 0 Å². The summed E-state index contributed by atoms with van der Waals surface area (Å²) in [5, 5.41) is 11.1. The number of hydrogen-bond donors (Lipinski definition) is 0. The molecule has 0 saturated heterocycles. The number of carbonyl (C=O) groups is 1. The van der Waals surface area contributed by atoms with Gasteiger partial charge in [0.25, 0.3) is 5.69 Å². The molecule has 0 spiro atoms. The molecular weight excluding hydrogens is 329 g/mol. The van der Waals surface area contributed by atoms with Gasteiger partial charge in [-0.1, -0.05) is 41.4 Å². The fourth-order valence-corrected chi connectivity index (χ4v) is 2.42. The molecule has 0 aliphatic rings. The SMILES string of the molecule is C[C@H](OC(=O)c1ccc([N+](=O)[O-])cc1Cl)c1ccccc1Cl. The van der Waals surface area contributed by atoms with Crippen molar-refractivity contribution in [2.75, 3.05) is 0 Å². The van der Waals surface area contributed by atoms with Crippen molar-refractivity contribution in [2.45, 2.75) is 13.0 Å². The third-order valence-corrected chi connectivity index (χ3v) is 3.67. The molecule has 0 bridgehead atoms. The van der Waals surface area contributed by atoms with Crippen molar-refractivity contribution in [1.29, 1.82) is 0 Å². The second-order valence-electron chi connectivity index (χ2n) is 4.49. The number of hydrogen-bond acceptors (Lipinski definition) is 4. The third-order valence-electron chi connectivity index (χ3n) is 3.01. The lowest BCUT2D eigenvalue weighted by Crippen LogP contribution is -2.10. The highest BCUT2D eigenvalue weighted by Crippen LogP contribution is 2.28. The number of benzene rings is 2. The van der Waals surface area contributed by atoms with E-state index in [1.165, 1.54) is 12.1 Å². The Hall–Kier alpha value is -2.11. The van der Waals surface area contributed by atoms with Crippen LogP contribution in [0.15, 0.2) is 42.5 Å². The number of nitrogens with zero attached hydrogens (tertiary/aromatic N) is 1. The summed E-state index contributed by atoms with van der Waals surface area (Å²) in [4.78, 5) is 22.2. The number of esters is 1. The Balaban J connectivity index is 2.19. The maximum atomic E-state index is 12.1. The number of halogens is 2. The third kappa shape index (κ3) is 3.55. The Morgan fingerprint density at radius 3 is 2.45 bits per heavy atom. The Morgan fingerprint density at radius 2 is 1.86 bits per heavy atom. The Morgan fingerprint density at radius 1 is 1.18 bits per heavy atom. The fraction of sp³-hybridized carbons (Fsp3) is 0.133. The molecule has 22 heavy (non-hydrogen) atoms. The van der Waals surface area contributed by atoms with Gasteiger partial charge in [0.15, 0.2) is 0 Å². The highest BCUT2D eigenvalue weighted by molar-refractivity contribution is 6.33. The van der Waals surface area contributed by atoms with Gasteiger partial charge in [0, 0.05) is 22.7 Å². The molecule has 0 aliphatic heterocycles. The Bertz CT molecular complexity index is 733. The van der Waals surface area contributed by atoms with Crippen molar-refractivity contribution in [2.24, 2.45) is 0 Å². The van der Waals surface area contributed by atoms with Crippen LogP contribution in [0.4, 0.5) is 5.69 Å². The quantitative estimate of drug-likeness (QED) is 0.454. The normalized spacial score (nSPS) is 11.8. The van der Waals surface area contributed by atoms with Gasteiger partial charge in [0.2, 0.25) is 0 Å². The molecule has 0 amide bonds. The van der Waals surface area contributed by atoms with E-state index in [1.54, 1.807) is 31.2 Å². The average Bonchev–Trinajstić information content (AvgIpc) is 2.47. The van der Waals surface area contributed by atoms with Crippen LogP contribution in [0.25, 0.3) is 0 Å². The minimum atomic E-state index is -0.674. The minimum Gasteiger partial charge on any atom is -0.454 e. The standard InChI is InChI=1S/C15H11Cl2NO4/c1-9(11-4-2-3-5-13(11)16)22-15(19)12-7-6-10(18(20)21)8-14(12)17/h2-9H,1H3/t9-/m0/s1. The Labute approximate surface area is 136 Å². The first-order chi connectivity index (χ1) is 10.4. The van der Waals surface area contributed by atoms with E-state index in [0.29, 0.717) is 10.6 Å². The second-order valence-corrected chi connectivity index (χ2v) is 5.30. The zero-order chi connectivity index (χ0) is 16.3. The molecule has 2 aromatic carbocycles. The van der Waals surface area contributed by atoms with Crippen LogP contribution in [0.2, 0.25) is 10.0 Å². The van der Waals surface area contributed by atoms with E-state index in [0.717, 1.165) is 6.07 Å². The molecule has 0 N–H and O–H groups in total. The monoisotopic (exact) mass is 339 g/mol. The van der Waals surface area contributed by atoms with Gasteiger partial charge in [0.05, 0.1) is 15.5 Å². The van der Waals surface area contributed by atoms with Crippen LogP contribution >= 0.6 is 23.2 Å². The van der Waals surface area contributed by atoms with Crippen LogP contribution in [0.1, 0.15) is 28.9 Å². The fourth-order valence-electron chi connectivity index (χ4n) is 1.88. The lowest BCUT2D eigenvalue weighted by Gasteiger charge is -2.15. The average molecular weight is 340 g/mol. The van der Waals surface area contributed by atoms with Crippen LogP contribution in [0, 0.1) is 10.1 Å². The molecule has 5 nitrogen and oxygen atoms in total. The summed E-state index contributed by atoms with van der Waals surface area (Å²) in [6.45, 7) is 1.68. The van der Waals surface area contributed by atoms with Gasteiger partial charge in [0.1, 0.15) is 6.10 Å². The van der Waals surface area contributed by atoms with Gasteiger partial charge >= 0.3 is 5.97 Å². The van der Waals surface area contributed by atoms with Gasteiger partial charge in [-0.25, -0.2) is 4.79 Å². The number of non-ortho nitro benzene ring substituents is 1. The smallest absolute Gasteiger partial charge is 0.340 e. The topological polar surface area (TPSA) is 69.4 Å². The molecule has 1 atom stereocenters. The van der Waals surface area contributed by atoms with Crippen molar-refractivity contribution < 1.29 is 14.5 Å². The molecule has 0 aliphatic carbocycles. The Kier molecular flexibility index (Phi) is 5.00. The zero-order valence-corrected chi connectivity index (χ0v) is 13.0. The first-order valence-corrected chi connectivity index (χ1v) is 7.05. The highest BCUT2D eigenvalue weighted by atomic mass is 35.5. The van der Waals surface area contributed by atoms with Crippen molar-refractivity contribution in [3.63, 3.8) is 0 Å². The molecule has 7 heteroatoms. The second kappa shape index (κ2) is 6.77. The van der Waals surface area contributed by atoms with E-state index < -0.39 is 17.0 Å². The molecule has 0 radical (unpaired) electrons. The van der Waals surface area contributed by atoms with Crippen molar-refractivity contribution in [3.8, 4) is 0 Å². The number of ether oxygens (including phenoxy) is 1. The molecule has 0 aromatic heterocycles. The van der Waals surface area contributed by atoms with Crippen molar-refractivity contribution >= 4 is 34.9 Å². The molecular formula is C15H11Cl2NO4. The summed E-state index contributed by atoms with van der Waals surface area (Å²) < 4.78 is 5.31. The predicted molar refractivity (Wildman–Crippen MR) is 83.4 cm³/mol. The van der Waals surface area contributed by atoms with E-state index in [9.17, 15) is 14.9 Å². The summed E-state index contributed by atoms with van der Waals surface area (Å²) in [7, 11) is 0. The van der Waals surface area contributed by atoms with Gasteiger partial charge in [-0.2, -0.15) is 0 Å². The summed E-state index contributed by atoms with van der Waals surface area (Å²) in [5.41, 5.74) is 0.530. The van der Waals surface area contributed by atoms with E-state index >= 15 is 0 Å². The molecule has 2 rings (SSSR count). The maximum Gasteiger partial charge on any atom is 0.340 e. The maximum absolute atomic E-state index is 12.1. The van der Waals surface area contributed by atoms with Gasteiger partial charge in [-0.05, 0) is 19.1 Å². The van der Waals surface area contributed by atoms with Gasteiger partial charge < -0.3 is 4.74 Å². The lowest BCUT2D eigenvalue weighted by molar-refractivity contribution is -0.384. The molecule has 0 heterocycles. The minimum absolute atomic E-state index is 0.0365. The van der Waals surface area contributed by atoms with Gasteiger partial charge in [-0.3, -0.25) is 10.1 Å². The van der Waals surface area contributed by atoms with Crippen LogP contribution in [-0.2, 0) is 4.74 Å². The summed E-state index contributed by atoms with van der Waals surface area (Å²) in [6.07, 6.45) is -0.576. The van der Waals surface area contributed by atoms with Crippen molar-refractivity contribution in [1.82, 2.24) is 0 Å². The molecule has 0 unspecified atom stereocenters. The van der Waals surface area contributed by atoms with Crippen molar-refractivity contribution in [3.05, 3.63) is 73.8 Å². The van der Waals surface area contributed by atoms with E-state index in [4.69, 9.17) is 27.9 Å². The number of rotatable bonds is 4. The zero-order valence-electron chi connectivity index (χ0n) is 11.5. The number of nitro benzene ring substituents is 1. The lowest BCUT2D eigenvalue weighted by atomic mass is 10.1. The molecule has 2 aromatic rings. The summed E-state index contributed by atoms with van der Waals surface area (Å²) >= 11 is 11.9. The summed E-state index contributed by atoms with van der Waals surface area (Å²) in [6, 6.07) is 10.6. The number of carbonyl (C=O) groups excluding carboxylic acids is 1. The molecule has 0 fully saturated rings. The predicted octanol–water partition coefficient (Wildman–Crippen LogP) is 4.82. The van der Waals surface area contributed by atoms with E-state index in [2.05, 4.69) is 0 Å². The van der Waals surface area contributed by atoms with E-state index in [1.807, 2.05) is 0 Å².